The van der Waals surface area contributed by atoms with Crippen LogP contribution in [0.15, 0.2) is 30.9 Å². The molecular weight excluding hydrogens is 191 g/mol. The molecule has 0 aliphatic carbocycles. The number of ketones is 1. The number of carbonyl (C=O) groups is 1. The Morgan fingerprint density at radius 3 is 2.85 bits per heavy atom. The molecule has 0 atom stereocenters. The molecule has 0 N–H and O–H groups in total. The molecule has 0 radical (unpaired) electrons. The van der Waals surface area contributed by atoms with Gasteiger partial charge >= 0.3 is 0 Å². The van der Waals surface area contributed by atoms with Crippen LogP contribution in [0.5, 0.6) is 0 Å². The number of Topliss-reactive ketones (excluding diaryl/α,β-unsaturated/α-hetero) is 1. The van der Waals surface area contributed by atoms with Gasteiger partial charge in [-0.1, -0.05) is 17.7 Å². The Morgan fingerprint density at radius 2 is 2.31 bits per heavy atom. The van der Waals surface area contributed by atoms with Crippen molar-refractivity contribution >= 4 is 17.4 Å². The van der Waals surface area contributed by atoms with E-state index in [1.807, 2.05) is 0 Å². The van der Waals surface area contributed by atoms with Crippen LogP contribution in [0.1, 0.15) is 16.8 Å². The van der Waals surface area contributed by atoms with Crippen molar-refractivity contribution < 1.29 is 9.18 Å². The minimum absolute atomic E-state index is 0.0233. The summed E-state index contributed by atoms with van der Waals surface area (Å²) in [5, 5.41) is 0.0233. The van der Waals surface area contributed by atoms with E-state index in [4.69, 9.17) is 11.6 Å². The van der Waals surface area contributed by atoms with Gasteiger partial charge in [0.25, 0.3) is 0 Å². The van der Waals surface area contributed by atoms with Gasteiger partial charge in [0.15, 0.2) is 5.78 Å². The topological polar surface area (TPSA) is 17.1 Å². The quantitative estimate of drug-likeness (QED) is 0.538. The zero-order valence-electron chi connectivity index (χ0n) is 6.89. The molecule has 1 aromatic rings. The fourth-order valence-corrected chi connectivity index (χ4v) is 1.04. The number of hydrogen-bond acceptors (Lipinski definition) is 1. The van der Waals surface area contributed by atoms with E-state index in [9.17, 15) is 9.18 Å². The van der Waals surface area contributed by atoms with Gasteiger partial charge in [-0.25, -0.2) is 4.39 Å². The van der Waals surface area contributed by atoms with Crippen LogP contribution in [0.3, 0.4) is 0 Å². The molecule has 1 rings (SSSR count). The first kappa shape index (κ1) is 9.93. The van der Waals surface area contributed by atoms with Crippen molar-refractivity contribution in [3.63, 3.8) is 0 Å². The lowest BCUT2D eigenvalue weighted by atomic mass is 10.1. The summed E-state index contributed by atoms with van der Waals surface area (Å²) < 4.78 is 12.9. The van der Waals surface area contributed by atoms with E-state index in [-0.39, 0.29) is 17.2 Å². The zero-order valence-corrected chi connectivity index (χ0v) is 7.64. The summed E-state index contributed by atoms with van der Waals surface area (Å²) in [7, 11) is 0. The molecule has 0 unspecified atom stereocenters. The van der Waals surface area contributed by atoms with Gasteiger partial charge in [-0.2, -0.15) is 0 Å². The molecule has 1 nitrogen and oxygen atoms in total. The summed E-state index contributed by atoms with van der Waals surface area (Å²) in [4.78, 5) is 11.2. The summed E-state index contributed by atoms with van der Waals surface area (Å²) >= 11 is 5.46. The lowest BCUT2D eigenvalue weighted by molar-refractivity contribution is 0.0995. The maximum Gasteiger partial charge on any atom is 0.166 e. The van der Waals surface area contributed by atoms with Crippen molar-refractivity contribution in [1.82, 2.24) is 0 Å². The highest BCUT2D eigenvalue weighted by Crippen LogP contribution is 2.16. The standard InChI is InChI=1S/C10H8ClFO/c1-2-3-10(13)7-4-5-8(11)9(12)6-7/h2,4-6H,1,3H2. The maximum absolute atomic E-state index is 12.9. The highest BCUT2D eigenvalue weighted by molar-refractivity contribution is 6.30. The fraction of sp³-hybridized carbons (Fsp3) is 0.100. The summed E-state index contributed by atoms with van der Waals surface area (Å²) in [6.07, 6.45) is 1.69. The Labute approximate surface area is 80.8 Å². The van der Waals surface area contributed by atoms with E-state index in [0.717, 1.165) is 6.07 Å². The predicted molar refractivity (Wildman–Crippen MR) is 50.6 cm³/mol. The average molecular weight is 199 g/mol. The SMILES string of the molecule is C=CCC(=O)c1ccc(Cl)c(F)c1. The molecule has 0 aliphatic rings. The summed E-state index contributed by atoms with van der Waals surface area (Å²) in [6, 6.07) is 4.00. The molecule has 0 spiro atoms. The number of benzene rings is 1. The molecule has 0 amide bonds. The summed E-state index contributed by atoms with van der Waals surface area (Å²) in [5.41, 5.74) is 0.321. The van der Waals surface area contributed by atoms with Crippen molar-refractivity contribution in [2.45, 2.75) is 6.42 Å². The Balaban J connectivity index is 2.96. The lowest BCUT2D eigenvalue weighted by Crippen LogP contribution is -1.97. The molecule has 0 heterocycles. The predicted octanol–water partition coefficient (Wildman–Crippen LogP) is 3.24. The van der Waals surface area contributed by atoms with Crippen LogP contribution in [-0.4, -0.2) is 5.78 Å². The molecule has 0 saturated heterocycles. The van der Waals surface area contributed by atoms with Crippen LogP contribution in [0.4, 0.5) is 4.39 Å². The molecule has 68 valence electrons. The number of rotatable bonds is 3. The van der Waals surface area contributed by atoms with Gasteiger partial charge in [0.05, 0.1) is 5.02 Å². The van der Waals surface area contributed by atoms with E-state index in [0.29, 0.717) is 5.56 Å². The van der Waals surface area contributed by atoms with Gasteiger partial charge in [0, 0.05) is 12.0 Å². The van der Waals surface area contributed by atoms with Crippen LogP contribution in [0.2, 0.25) is 5.02 Å². The third kappa shape index (κ3) is 2.39. The van der Waals surface area contributed by atoms with Gasteiger partial charge in [-0.15, -0.1) is 6.58 Å². The van der Waals surface area contributed by atoms with Gasteiger partial charge < -0.3 is 0 Å². The Kier molecular flexibility index (Phi) is 3.20. The third-order valence-corrected chi connectivity index (χ3v) is 1.88. The van der Waals surface area contributed by atoms with Gasteiger partial charge in [-0.05, 0) is 18.2 Å². The van der Waals surface area contributed by atoms with Crippen molar-refractivity contribution in [3.05, 3.63) is 47.3 Å². The van der Waals surface area contributed by atoms with E-state index < -0.39 is 5.82 Å². The summed E-state index contributed by atoms with van der Waals surface area (Å²) in [6.45, 7) is 3.43. The minimum Gasteiger partial charge on any atom is -0.294 e. The first-order chi connectivity index (χ1) is 6.15. The van der Waals surface area contributed by atoms with Gasteiger partial charge in [-0.3, -0.25) is 4.79 Å². The molecular formula is C10H8ClFO. The Bertz CT molecular complexity index is 347. The molecule has 3 heteroatoms. The van der Waals surface area contributed by atoms with E-state index in [1.165, 1.54) is 18.2 Å². The zero-order chi connectivity index (χ0) is 9.84. The Hall–Kier alpha value is -1.15. The minimum atomic E-state index is -0.573. The number of allylic oxidation sites excluding steroid dienone is 1. The van der Waals surface area contributed by atoms with Crippen molar-refractivity contribution in [1.29, 1.82) is 0 Å². The van der Waals surface area contributed by atoms with Crippen LogP contribution in [0, 0.1) is 5.82 Å². The van der Waals surface area contributed by atoms with E-state index in [1.54, 1.807) is 0 Å². The number of halogens is 2. The maximum atomic E-state index is 12.9. The van der Waals surface area contributed by atoms with Gasteiger partial charge in [0.1, 0.15) is 5.82 Å². The molecule has 0 aromatic heterocycles. The normalized spacial score (nSPS) is 9.69. The largest absolute Gasteiger partial charge is 0.294 e. The van der Waals surface area contributed by atoms with Crippen molar-refractivity contribution in [3.8, 4) is 0 Å². The van der Waals surface area contributed by atoms with Crippen LogP contribution < -0.4 is 0 Å². The first-order valence-corrected chi connectivity index (χ1v) is 4.12. The van der Waals surface area contributed by atoms with E-state index in [2.05, 4.69) is 6.58 Å². The van der Waals surface area contributed by atoms with Crippen LogP contribution in [-0.2, 0) is 0 Å². The molecule has 0 fully saturated rings. The average Bonchev–Trinajstić information content (AvgIpc) is 2.10. The van der Waals surface area contributed by atoms with Crippen molar-refractivity contribution in [2.24, 2.45) is 0 Å². The highest BCUT2D eigenvalue weighted by atomic mass is 35.5. The fourth-order valence-electron chi connectivity index (χ4n) is 0.919. The summed E-state index contributed by atoms with van der Waals surface area (Å²) in [5.74, 6) is -0.734. The smallest absolute Gasteiger partial charge is 0.166 e. The van der Waals surface area contributed by atoms with Gasteiger partial charge in [0.2, 0.25) is 0 Å². The molecule has 0 aliphatic heterocycles. The monoisotopic (exact) mass is 198 g/mol. The van der Waals surface area contributed by atoms with Crippen LogP contribution >= 0.6 is 11.6 Å². The van der Waals surface area contributed by atoms with E-state index >= 15 is 0 Å². The number of hydrogen-bond donors (Lipinski definition) is 0. The first-order valence-electron chi connectivity index (χ1n) is 3.74. The second kappa shape index (κ2) is 4.19. The second-order valence-corrected chi connectivity index (χ2v) is 2.95. The van der Waals surface area contributed by atoms with Crippen molar-refractivity contribution in [2.75, 3.05) is 0 Å². The molecule has 0 saturated carbocycles. The van der Waals surface area contributed by atoms with Crippen LogP contribution in [0.25, 0.3) is 0 Å². The highest BCUT2D eigenvalue weighted by Gasteiger charge is 2.06. The second-order valence-electron chi connectivity index (χ2n) is 2.54. The lowest BCUT2D eigenvalue weighted by Gasteiger charge is -1.98. The third-order valence-electron chi connectivity index (χ3n) is 1.57. The molecule has 1 aromatic carbocycles. The molecule has 13 heavy (non-hydrogen) atoms. The molecule has 0 bridgehead atoms. The number of carbonyl (C=O) groups excluding carboxylic acids is 1. The Morgan fingerprint density at radius 1 is 1.62 bits per heavy atom.